The molecule has 1 spiro atoms. The van der Waals surface area contributed by atoms with E-state index in [2.05, 4.69) is 5.32 Å². The standard InChI is InChI=1S/C18H20FNO4/c19-12-1-2-13-11(10-24-14(13)8-12)7-17(22)20-15-9-16(21)18(15)3-5-23-6-4-18/h1-2,8,10,15-16,21H,3-7,9H2,(H,20,22)/t15-,16-/m1/s1. The first-order valence-electron chi connectivity index (χ1n) is 8.29. The molecule has 0 unspecified atom stereocenters. The van der Waals surface area contributed by atoms with Gasteiger partial charge in [-0.2, -0.15) is 0 Å². The maximum absolute atomic E-state index is 13.2. The van der Waals surface area contributed by atoms with E-state index in [-0.39, 0.29) is 35.7 Å². The van der Waals surface area contributed by atoms with E-state index in [0.717, 1.165) is 23.8 Å². The number of amides is 1. The Morgan fingerprint density at radius 3 is 2.92 bits per heavy atom. The van der Waals surface area contributed by atoms with E-state index >= 15 is 0 Å². The quantitative estimate of drug-likeness (QED) is 0.903. The van der Waals surface area contributed by atoms with Crippen LogP contribution < -0.4 is 5.32 Å². The Hall–Kier alpha value is -1.92. The Morgan fingerprint density at radius 1 is 1.38 bits per heavy atom. The number of rotatable bonds is 3. The number of aliphatic hydroxyl groups excluding tert-OH is 1. The van der Waals surface area contributed by atoms with Crippen LogP contribution in [-0.4, -0.2) is 36.4 Å². The molecule has 2 fully saturated rings. The van der Waals surface area contributed by atoms with Crippen LogP contribution in [0.15, 0.2) is 28.9 Å². The van der Waals surface area contributed by atoms with Gasteiger partial charge in [-0.3, -0.25) is 4.79 Å². The highest BCUT2D eigenvalue weighted by Crippen LogP contribution is 2.48. The number of ether oxygens (including phenoxy) is 1. The van der Waals surface area contributed by atoms with Crippen molar-refractivity contribution >= 4 is 16.9 Å². The van der Waals surface area contributed by atoms with E-state index in [0.29, 0.717) is 25.2 Å². The van der Waals surface area contributed by atoms with Gasteiger partial charge in [0.2, 0.25) is 5.91 Å². The lowest BCUT2D eigenvalue weighted by atomic mass is 9.58. The molecule has 1 aromatic heterocycles. The van der Waals surface area contributed by atoms with Gasteiger partial charge < -0.3 is 19.6 Å². The zero-order chi connectivity index (χ0) is 16.7. The minimum absolute atomic E-state index is 0.0143. The summed E-state index contributed by atoms with van der Waals surface area (Å²) in [5.74, 6) is -0.470. The van der Waals surface area contributed by atoms with Crippen LogP contribution in [0.1, 0.15) is 24.8 Å². The van der Waals surface area contributed by atoms with Crippen LogP contribution in [0.4, 0.5) is 4.39 Å². The fourth-order valence-electron chi connectivity index (χ4n) is 4.01. The van der Waals surface area contributed by atoms with Gasteiger partial charge in [0.1, 0.15) is 11.4 Å². The summed E-state index contributed by atoms with van der Waals surface area (Å²) in [7, 11) is 0. The van der Waals surface area contributed by atoms with Gasteiger partial charge in [0.05, 0.1) is 18.8 Å². The lowest BCUT2D eigenvalue weighted by Crippen LogP contribution is -2.65. The van der Waals surface area contributed by atoms with Gasteiger partial charge in [-0.05, 0) is 31.4 Å². The number of carbonyl (C=O) groups is 1. The second kappa shape index (κ2) is 5.86. The lowest BCUT2D eigenvalue weighted by Gasteiger charge is -2.55. The van der Waals surface area contributed by atoms with Crippen molar-refractivity contribution in [2.24, 2.45) is 5.41 Å². The normalized spacial score (nSPS) is 25.6. The highest BCUT2D eigenvalue weighted by Gasteiger charge is 2.55. The zero-order valence-electron chi connectivity index (χ0n) is 13.3. The molecule has 24 heavy (non-hydrogen) atoms. The maximum Gasteiger partial charge on any atom is 0.224 e. The Labute approximate surface area is 138 Å². The molecule has 4 rings (SSSR count). The van der Waals surface area contributed by atoms with Crippen LogP contribution in [0.2, 0.25) is 0 Å². The van der Waals surface area contributed by atoms with Crippen molar-refractivity contribution in [1.82, 2.24) is 5.32 Å². The van der Waals surface area contributed by atoms with Crippen LogP contribution in [0, 0.1) is 11.2 Å². The topological polar surface area (TPSA) is 71.7 Å². The van der Waals surface area contributed by atoms with Gasteiger partial charge in [-0.25, -0.2) is 4.39 Å². The number of benzene rings is 1. The molecule has 1 saturated carbocycles. The highest BCUT2D eigenvalue weighted by molar-refractivity contribution is 5.87. The Balaban J connectivity index is 1.45. The van der Waals surface area contributed by atoms with Crippen LogP contribution >= 0.6 is 0 Å². The minimum atomic E-state index is -0.371. The Kier molecular flexibility index (Phi) is 3.81. The highest BCUT2D eigenvalue weighted by atomic mass is 19.1. The molecule has 6 heteroatoms. The van der Waals surface area contributed by atoms with Gasteiger partial charge in [0.15, 0.2) is 0 Å². The molecule has 2 heterocycles. The number of aliphatic hydroxyl groups is 1. The molecule has 2 aromatic rings. The van der Waals surface area contributed by atoms with E-state index in [1.807, 2.05) is 0 Å². The summed E-state index contributed by atoms with van der Waals surface area (Å²) < 4.78 is 23.9. The summed E-state index contributed by atoms with van der Waals surface area (Å²) in [6, 6.07) is 4.29. The van der Waals surface area contributed by atoms with Crippen molar-refractivity contribution in [3.8, 4) is 0 Å². The van der Waals surface area contributed by atoms with Crippen molar-refractivity contribution in [1.29, 1.82) is 0 Å². The number of hydrogen-bond acceptors (Lipinski definition) is 4. The molecule has 1 aliphatic carbocycles. The first-order chi connectivity index (χ1) is 11.6. The lowest BCUT2D eigenvalue weighted by molar-refractivity contribution is -0.155. The fourth-order valence-corrected chi connectivity index (χ4v) is 4.01. The number of fused-ring (bicyclic) bond motifs is 1. The molecule has 128 valence electrons. The number of nitrogens with one attached hydrogen (secondary N) is 1. The summed E-state index contributed by atoms with van der Waals surface area (Å²) in [4.78, 5) is 12.4. The fraction of sp³-hybridized carbons (Fsp3) is 0.500. The van der Waals surface area contributed by atoms with E-state index in [1.165, 1.54) is 18.4 Å². The van der Waals surface area contributed by atoms with Crippen LogP contribution in [0.5, 0.6) is 0 Å². The number of carbonyl (C=O) groups excluding carboxylic acids is 1. The van der Waals surface area contributed by atoms with Gasteiger partial charge in [-0.15, -0.1) is 0 Å². The predicted molar refractivity (Wildman–Crippen MR) is 84.9 cm³/mol. The molecule has 5 nitrogen and oxygen atoms in total. The van der Waals surface area contributed by atoms with E-state index in [4.69, 9.17) is 9.15 Å². The third-order valence-electron chi connectivity index (χ3n) is 5.54. The van der Waals surface area contributed by atoms with Crippen molar-refractivity contribution in [2.45, 2.75) is 37.8 Å². The molecule has 1 amide bonds. The first kappa shape index (κ1) is 15.6. The number of furan rings is 1. The van der Waals surface area contributed by atoms with Crippen molar-refractivity contribution in [3.63, 3.8) is 0 Å². The summed E-state index contributed by atoms with van der Waals surface area (Å²) in [5.41, 5.74) is 0.941. The summed E-state index contributed by atoms with van der Waals surface area (Å²) >= 11 is 0. The third-order valence-corrected chi connectivity index (χ3v) is 5.54. The van der Waals surface area contributed by atoms with Gasteiger partial charge in [0, 0.05) is 41.7 Å². The average Bonchev–Trinajstić information content (AvgIpc) is 2.97. The molecule has 2 N–H and O–H groups in total. The zero-order valence-corrected chi connectivity index (χ0v) is 13.3. The summed E-state index contributed by atoms with van der Waals surface area (Å²) in [6.07, 6.45) is 3.44. The van der Waals surface area contributed by atoms with Crippen LogP contribution in [0.25, 0.3) is 11.0 Å². The van der Waals surface area contributed by atoms with Crippen LogP contribution in [0.3, 0.4) is 0 Å². The Morgan fingerprint density at radius 2 is 2.17 bits per heavy atom. The van der Waals surface area contributed by atoms with Gasteiger partial charge in [-0.1, -0.05) is 0 Å². The summed E-state index contributed by atoms with van der Waals surface area (Å²) in [6.45, 7) is 1.25. The smallest absolute Gasteiger partial charge is 0.224 e. The van der Waals surface area contributed by atoms with Crippen LogP contribution in [-0.2, 0) is 16.0 Å². The number of hydrogen-bond donors (Lipinski definition) is 2. The van der Waals surface area contributed by atoms with Crippen molar-refractivity contribution in [3.05, 3.63) is 35.8 Å². The number of halogens is 1. The second-order valence-electron chi connectivity index (χ2n) is 6.80. The SMILES string of the molecule is O=C(Cc1coc2cc(F)ccc12)N[C@@H]1C[C@@H](O)C12CCOCC2. The van der Waals surface area contributed by atoms with Gasteiger partial charge in [0.25, 0.3) is 0 Å². The average molecular weight is 333 g/mol. The minimum Gasteiger partial charge on any atom is -0.464 e. The second-order valence-corrected chi connectivity index (χ2v) is 6.80. The molecule has 2 aliphatic rings. The first-order valence-corrected chi connectivity index (χ1v) is 8.29. The molecule has 1 aromatic carbocycles. The van der Waals surface area contributed by atoms with E-state index < -0.39 is 0 Å². The molecule has 2 atom stereocenters. The maximum atomic E-state index is 13.2. The molecule has 1 aliphatic heterocycles. The predicted octanol–water partition coefficient (Wildman–Crippen LogP) is 2.16. The van der Waals surface area contributed by atoms with E-state index in [1.54, 1.807) is 6.07 Å². The summed E-state index contributed by atoms with van der Waals surface area (Å²) in [5, 5.41) is 14.0. The van der Waals surface area contributed by atoms with Crippen molar-refractivity contribution in [2.75, 3.05) is 13.2 Å². The largest absolute Gasteiger partial charge is 0.464 e. The van der Waals surface area contributed by atoms with E-state index in [9.17, 15) is 14.3 Å². The van der Waals surface area contributed by atoms with Crippen molar-refractivity contribution < 1.29 is 23.4 Å². The molecule has 0 bridgehead atoms. The van der Waals surface area contributed by atoms with Gasteiger partial charge >= 0.3 is 0 Å². The Bertz CT molecular complexity index is 765. The molecule has 0 radical (unpaired) electrons. The molecule has 1 saturated heterocycles. The molecular formula is C18H20FNO4. The monoisotopic (exact) mass is 333 g/mol. The molecular weight excluding hydrogens is 313 g/mol. The third kappa shape index (κ3) is 2.50.